The van der Waals surface area contributed by atoms with Gasteiger partial charge in [-0.2, -0.15) is 11.8 Å². The van der Waals surface area contributed by atoms with Gasteiger partial charge < -0.3 is 15.2 Å². The van der Waals surface area contributed by atoms with E-state index >= 15 is 0 Å². The van der Waals surface area contributed by atoms with Gasteiger partial charge in [-0.25, -0.2) is 0 Å². The average molecular weight is 259 g/mol. The molecular weight excluding hydrogens is 242 g/mol. The van der Waals surface area contributed by atoms with Crippen LogP contribution in [-0.4, -0.2) is 35.4 Å². The fourth-order valence-corrected chi connectivity index (χ4v) is 2.09. The maximum Gasteiger partial charge on any atom is 0.166 e. The molecule has 0 aliphatic heterocycles. The molecule has 0 aromatic carbocycles. The normalized spacial score (nSPS) is 10.1. The lowest BCUT2D eigenvalue weighted by Crippen LogP contribution is -2.33. The second kappa shape index (κ2) is 7.51. The Morgan fingerprint density at radius 2 is 2.38 bits per heavy atom. The molecule has 0 amide bonds. The van der Waals surface area contributed by atoms with Gasteiger partial charge in [0.05, 0.1) is 6.20 Å². The summed E-state index contributed by atoms with van der Waals surface area (Å²) in [6, 6.07) is 0. The van der Waals surface area contributed by atoms with Crippen LogP contribution in [0.2, 0.25) is 0 Å². The number of hydrogen-bond donors (Lipinski definition) is 2. The lowest BCUT2D eigenvalue weighted by molar-refractivity contribution is 0.396. The number of hydrogen-bond acceptors (Lipinski definition) is 4. The Bertz CT molecular complexity index is 328. The zero-order valence-electron chi connectivity index (χ0n) is 9.58. The van der Waals surface area contributed by atoms with E-state index in [4.69, 9.17) is 16.7 Å². The van der Waals surface area contributed by atoms with Crippen LogP contribution in [0, 0.1) is 6.92 Å². The highest BCUT2D eigenvalue weighted by atomic mass is 32.2. The Morgan fingerprint density at radius 1 is 1.56 bits per heavy atom. The molecule has 0 spiro atoms. The summed E-state index contributed by atoms with van der Waals surface area (Å²) >= 11 is 6.86. The van der Waals surface area contributed by atoms with Gasteiger partial charge in [-0.15, -0.1) is 0 Å². The highest BCUT2D eigenvalue weighted by Gasteiger charge is 2.01. The van der Waals surface area contributed by atoms with Gasteiger partial charge in [-0.3, -0.25) is 0 Å². The second-order valence-corrected chi connectivity index (χ2v) is 4.91. The van der Waals surface area contributed by atoms with Crippen molar-refractivity contribution in [1.82, 2.24) is 15.8 Å². The first-order valence-electron chi connectivity index (χ1n) is 5.17. The van der Waals surface area contributed by atoms with E-state index in [1.807, 2.05) is 25.7 Å². The molecular formula is C10H17N3OS2. The lowest BCUT2D eigenvalue weighted by atomic mass is 10.2. The Hall–Kier alpha value is -0.750. The summed E-state index contributed by atoms with van der Waals surface area (Å²) in [6.45, 7) is 2.84. The van der Waals surface area contributed by atoms with Gasteiger partial charge in [0, 0.05) is 24.9 Å². The number of aryl methyl sites for hydroxylation is 2. The van der Waals surface area contributed by atoms with Crippen LogP contribution in [0.15, 0.2) is 10.7 Å². The molecule has 0 aliphatic carbocycles. The van der Waals surface area contributed by atoms with E-state index in [0.717, 1.165) is 30.2 Å². The predicted octanol–water partition coefficient (Wildman–Crippen LogP) is 1.35. The van der Waals surface area contributed by atoms with E-state index in [2.05, 4.69) is 15.8 Å². The minimum atomic E-state index is 0.704. The lowest BCUT2D eigenvalue weighted by Gasteiger charge is -2.06. The van der Waals surface area contributed by atoms with Crippen LogP contribution in [0.1, 0.15) is 11.3 Å². The molecule has 1 rings (SSSR count). The van der Waals surface area contributed by atoms with E-state index < -0.39 is 0 Å². The molecule has 0 aliphatic rings. The summed E-state index contributed by atoms with van der Waals surface area (Å²) in [6.07, 6.45) is 2.81. The van der Waals surface area contributed by atoms with Gasteiger partial charge in [-0.05, 0) is 31.3 Å². The van der Waals surface area contributed by atoms with Gasteiger partial charge in [0.1, 0.15) is 5.76 Å². The summed E-state index contributed by atoms with van der Waals surface area (Å²) in [5.41, 5.74) is 1.20. The largest absolute Gasteiger partial charge is 0.366 e. The molecule has 0 bridgehead atoms. The number of thioether (sulfide) groups is 1. The first kappa shape index (κ1) is 13.3. The molecule has 1 aromatic rings. The van der Waals surface area contributed by atoms with Crippen LogP contribution in [-0.2, 0) is 6.42 Å². The van der Waals surface area contributed by atoms with Crippen LogP contribution in [0.25, 0.3) is 0 Å². The summed E-state index contributed by atoms with van der Waals surface area (Å²) < 4.78 is 4.99. The zero-order chi connectivity index (χ0) is 11.8. The molecule has 0 saturated carbocycles. The van der Waals surface area contributed by atoms with Crippen molar-refractivity contribution in [2.24, 2.45) is 0 Å². The molecule has 2 N–H and O–H groups in total. The van der Waals surface area contributed by atoms with Crippen molar-refractivity contribution < 1.29 is 4.52 Å². The third-order valence-corrected chi connectivity index (χ3v) is 3.46. The van der Waals surface area contributed by atoms with Crippen LogP contribution in [0.3, 0.4) is 0 Å². The van der Waals surface area contributed by atoms with Gasteiger partial charge in [-0.1, -0.05) is 5.16 Å². The van der Waals surface area contributed by atoms with Gasteiger partial charge in [0.25, 0.3) is 0 Å². The number of rotatable bonds is 6. The third-order valence-electron chi connectivity index (χ3n) is 2.13. The predicted molar refractivity (Wildman–Crippen MR) is 71.9 cm³/mol. The molecule has 16 heavy (non-hydrogen) atoms. The first-order chi connectivity index (χ1) is 7.74. The molecule has 0 fully saturated rings. The van der Waals surface area contributed by atoms with Crippen LogP contribution in [0.4, 0.5) is 0 Å². The van der Waals surface area contributed by atoms with E-state index in [0.29, 0.717) is 5.11 Å². The highest BCUT2D eigenvalue weighted by Crippen LogP contribution is 2.10. The highest BCUT2D eigenvalue weighted by molar-refractivity contribution is 7.99. The van der Waals surface area contributed by atoms with E-state index in [1.165, 1.54) is 5.56 Å². The Labute approximate surface area is 106 Å². The minimum Gasteiger partial charge on any atom is -0.366 e. The fourth-order valence-electron chi connectivity index (χ4n) is 1.17. The summed E-state index contributed by atoms with van der Waals surface area (Å²) in [4.78, 5) is 0. The van der Waals surface area contributed by atoms with Gasteiger partial charge in [0.15, 0.2) is 5.11 Å². The molecule has 4 nitrogen and oxygen atoms in total. The van der Waals surface area contributed by atoms with Crippen molar-refractivity contribution in [3.63, 3.8) is 0 Å². The Morgan fingerprint density at radius 3 is 3.00 bits per heavy atom. The second-order valence-electron chi connectivity index (χ2n) is 3.28. The van der Waals surface area contributed by atoms with E-state index in [-0.39, 0.29) is 0 Å². The topological polar surface area (TPSA) is 50.1 Å². The zero-order valence-corrected chi connectivity index (χ0v) is 11.2. The number of nitrogens with one attached hydrogen (secondary N) is 2. The minimum absolute atomic E-state index is 0.704. The molecule has 6 heteroatoms. The van der Waals surface area contributed by atoms with Crippen molar-refractivity contribution >= 4 is 29.1 Å². The maximum atomic E-state index is 4.99. The number of nitrogens with zero attached hydrogens (tertiary/aromatic N) is 1. The van der Waals surface area contributed by atoms with Crippen molar-refractivity contribution in [3.8, 4) is 0 Å². The number of aromatic nitrogens is 1. The summed E-state index contributed by atoms with van der Waals surface area (Å²) in [7, 11) is 1.82. The van der Waals surface area contributed by atoms with Crippen LogP contribution >= 0.6 is 24.0 Å². The van der Waals surface area contributed by atoms with Crippen molar-refractivity contribution in [1.29, 1.82) is 0 Å². The van der Waals surface area contributed by atoms with Gasteiger partial charge >= 0.3 is 0 Å². The molecule has 0 radical (unpaired) electrons. The summed E-state index contributed by atoms with van der Waals surface area (Å²) in [5, 5.41) is 10.4. The van der Waals surface area contributed by atoms with Gasteiger partial charge in [0.2, 0.25) is 0 Å². The molecule has 0 saturated heterocycles. The molecule has 0 atom stereocenters. The SMILES string of the molecule is CNC(=S)NCCSCCc1cnoc1C. The molecule has 0 unspecified atom stereocenters. The Balaban J connectivity index is 2.00. The summed E-state index contributed by atoms with van der Waals surface area (Å²) in [5.74, 6) is 3.05. The average Bonchev–Trinajstić information content (AvgIpc) is 2.69. The number of thiocarbonyl (C=S) groups is 1. The maximum absolute atomic E-state index is 4.99. The monoisotopic (exact) mass is 259 g/mol. The molecule has 1 aromatic heterocycles. The third kappa shape index (κ3) is 4.85. The Kier molecular flexibility index (Phi) is 6.25. The molecule has 90 valence electrons. The van der Waals surface area contributed by atoms with Crippen LogP contribution < -0.4 is 10.6 Å². The van der Waals surface area contributed by atoms with Crippen LogP contribution in [0.5, 0.6) is 0 Å². The standard InChI is InChI=1S/C10H17N3OS2/c1-8-9(7-13-14-8)3-5-16-6-4-12-10(15)11-2/h7H,3-6H2,1-2H3,(H2,11,12,15). The first-order valence-corrected chi connectivity index (χ1v) is 6.74. The van der Waals surface area contributed by atoms with Crippen molar-refractivity contribution in [2.75, 3.05) is 25.1 Å². The van der Waals surface area contributed by atoms with Crippen molar-refractivity contribution in [3.05, 3.63) is 17.5 Å². The van der Waals surface area contributed by atoms with E-state index in [9.17, 15) is 0 Å². The quantitative estimate of drug-likeness (QED) is 0.594. The fraction of sp³-hybridized carbons (Fsp3) is 0.600. The van der Waals surface area contributed by atoms with Crippen molar-refractivity contribution in [2.45, 2.75) is 13.3 Å². The smallest absolute Gasteiger partial charge is 0.166 e. The van der Waals surface area contributed by atoms with E-state index in [1.54, 1.807) is 6.20 Å². The molecule has 1 heterocycles.